The fraction of sp³-hybridized carbons (Fsp3) is 0.778. The summed E-state index contributed by atoms with van der Waals surface area (Å²) >= 11 is 0. The van der Waals surface area contributed by atoms with Crippen LogP contribution in [0.5, 0.6) is 0 Å². The van der Waals surface area contributed by atoms with Gasteiger partial charge in [0.2, 0.25) is 0 Å². The van der Waals surface area contributed by atoms with Crippen molar-refractivity contribution >= 4 is 43.3 Å². The summed E-state index contributed by atoms with van der Waals surface area (Å²) in [5.41, 5.74) is 0. The molecule has 0 aromatic heterocycles. The molecule has 0 aliphatic rings. The first-order valence-corrected chi connectivity index (χ1v) is 6.09. The fourth-order valence-corrected chi connectivity index (χ4v) is 1.78. The standard InChI is InChI=1S/C9H20B4O5/c1-3-17-6(14)5(2)18-7(15)8(10,11)4-9(12,13)16/h5,16H,3-4,10-13H2,1-2H3/t5-/m0/s1. The molecule has 5 nitrogen and oxygen atoms in total. The van der Waals surface area contributed by atoms with Gasteiger partial charge in [-0.1, -0.05) is 0 Å². The van der Waals surface area contributed by atoms with E-state index in [0.717, 1.165) is 0 Å². The van der Waals surface area contributed by atoms with Gasteiger partial charge in [-0.05, 0) is 20.3 Å². The average Bonchev–Trinajstić information content (AvgIpc) is 2.13. The van der Waals surface area contributed by atoms with Gasteiger partial charge in [-0.3, -0.25) is 4.79 Å². The van der Waals surface area contributed by atoms with Crippen LogP contribution in [0.4, 0.5) is 0 Å². The van der Waals surface area contributed by atoms with E-state index in [1.807, 2.05) is 0 Å². The van der Waals surface area contributed by atoms with Gasteiger partial charge in [-0.15, -0.1) is 0 Å². The zero-order valence-electron chi connectivity index (χ0n) is 12.1. The minimum absolute atomic E-state index is 0.244. The summed E-state index contributed by atoms with van der Waals surface area (Å²) in [5, 5.41) is 7.89. The molecule has 0 saturated heterocycles. The van der Waals surface area contributed by atoms with Crippen molar-refractivity contribution < 1.29 is 24.2 Å². The van der Waals surface area contributed by atoms with Gasteiger partial charge >= 0.3 is 5.97 Å². The Morgan fingerprint density at radius 2 is 1.78 bits per heavy atom. The lowest BCUT2D eigenvalue weighted by molar-refractivity contribution is -0.167. The second-order valence-electron chi connectivity index (χ2n) is 5.67. The largest absolute Gasteiger partial charge is 0.463 e. The Morgan fingerprint density at radius 3 is 2.17 bits per heavy atom. The fourth-order valence-electron chi connectivity index (χ4n) is 1.78. The third kappa shape index (κ3) is 6.19. The molecule has 0 unspecified atom stereocenters. The van der Waals surface area contributed by atoms with Crippen LogP contribution >= 0.6 is 0 Å². The summed E-state index contributed by atoms with van der Waals surface area (Å²) in [6, 6.07) is 0. The molecular weight excluding hydrogens is 231 g/mol. The summed E-state index contributed by atoms with van der Waals surface area (Å²) < 4.78 is 9.80. The van der Waals surface area contributed by atoms with E-state index in [2.05, 4.69) is 0 Å². The van der Waals surface area contributed by atoms with E-state index in [4.69, 9.17) is 9.47 Å². The summed E-state index contributed by atoms with van der Waals surface area (Å²) in [6.07, 6.45) is -0.687. The van der Waals surface area contributed by atoms with Crippen molar-refractivity contribution in [3.05, 3.63) is 0 Å². The van der Waals surface area contributed by atoms with Gasteiger partial charge in [-0.25, -0.2) is 4.79 Å². The highest BCUT2D eigenvalue weighted by Gasteiger charge is 2.36. The predicted octanol–water partition coefficient (Wildman–Crippen LogP) is -3.83. The minimum Gasteiger partial charge on any atom is -0.463 e. The number of carbonyl (C=O) groups is 2. The van der Waals surface area contributed by atoms with Crippen LogP contribution in [0.2, 0.25) is 5.21 Å². The van der Waals surface area contributed by atoms with Gasteiger partial charge in [0, 0.05) is 10.6 Å². The normalized spacial score (nSPS) is 13.7. The Kier molecular flexibility index (Phi) is 6.07. The molecule has 0 spiro atoms. The highest BCUT2D eigenvalue weighted by atomic mass is 16.6. The lowest BCUT2D eigenvalue weighted by atomic mass is 9.45. The molecule has 0 aliphatic carbocycles. The zero-order valence-corrected chi connectivity index (χ0v) is 12.1. The van der Waals surface area contributed by atoms with Gasteiger partial charge in [0.25, 0.3) is 5.97 Å². The summed E-state index contributed by atoms with van der Waals surface area (Å²) in [4.78, 5) is 23.3. The minimum atomic E-state index is -0.977. The average molecular weight is 252 g/mol. The highest BCUT2D eigenvalue weighted by molar-refractivity contribution is 6.51. The second-order valence-corrected chi connectivity index (χ2v) is 5.67. The van der Waals surface area contributed by atoms with Crippen LogP contribution in [0, 0.1) is 0 Å². The van der Waals surface area contributed by atoms with E-state index >= 15 is 0 Å². The number of esters is 2. The molecule has 1 N–H and O–H groups in total. The Hall–Kier alpha value is -0.840. The first-order valence-electron chi connectivity index (χ1n) is 6.09. The smallest absolute Gasteiger partial charge is 0.347 e. The zero-order chi connectivity index (χ0) is 14.6. The molecule has 0 radical (unpaired) electrons. The van der Waals surface area contributed by atoms with E-state index in [1.54, 1.807) is 38.3 Å². The van der Waals surface area contributed by atoms with E-state index in [1.165, 1.54) is 6.92 Å². The molecule has 0 saturated carbocycles. The molecular formula is C9H20B4O5. The number of carbonyl (C=O) groups excluding carboxylic acids is 2. The van der Waals surface area contributed by atoms with Gasteiger partial charge in [0.05, 0.1) is 6.61 Å². The second kappa shape index (κ2) is 6.36. The molecule has 98 valence electrons. The van der Waals surface area contributed by atoms with Gasteiger partial charge in [-0.2, -0.15) is 0 Å². The van der Waals surface area contributed by atoms with Gasteiger partial charge in [0.15, 0.2) is 6.10 Å². The molecule has 9 heteroatoms. The van der Waals surface area contributed by atoms with Gasteiger partial charge < -0.3 is 14.6 Å². The van der Waals surface area contributed by atoms with Crippen LogP contribution in [0.15, 0.2) is 0 Å². The predicted molar refractivity (Wildman–Crippen MR) is 78.6 cm³/mol. The van der Waals surface area contributed by atoms with Crippen molar-refractivity contribution in [2.45, 2.75) is 37.0 Å². The summed E-state index contributed by atoms with van der Waals surface area (Å²) in [7, 11) is 6.59. The third-order valence-electron chi connectivity index (χ3n) is 2.33. The number of hydrogen-bond donors (Lipinski definition) is 1. The number of aliphatic hydroxyl groups is 1. The van der Waals surface area contributed by atoms with Crippen LogP contribution in [0.3, 0.4) is 0 Å². The van der Waals surface area contributed by atoms with Crippen molar-refractivity contribution in [3.63, 3.8) is 0 Å². The Bertz CT molecular complexity index is 313. The maximum Gasteiger partial charge on any atom is 0.347 e. The molecule has 1 atom stereocenters. The molecule has 0 aromatic carbocycles. The van der Waals surface area contributed by atoms with Crippen LogP contribution in [-0.4, -0.2) is 66.5 Å². The van der Waals surface area contributed by atoms with E-state index in [-0.39, 0.29) is 13.0 Å². The molecule has 18 heavy (non-hydrogen) atoms. The van der Waals surface area contributed by atoms with Crippen molar-refractivity contribution in [2.24, 2.45) is 0 Å². The molecule has 0 aromatic rings. The lowest BCUT2D eigenvalue weighted by Crippen LogP contribution is -2.41. The van der Waals surface area contributed by atoms with E-state index < -0.39 is 28.7 Å². The molecule has 0 fully saturated rings. The van der Waals surface area contributed by atoms with Crippen molar-refractivity contribution in [2.75, 3.05) is 6.61 Å². The van der Waals surface area contributed by atoms with Crippen LogP contribution in [0.25, 0.3) is 0 Å². The molecule has 0 rings (SSSR count). The molecule has 0 aliphatic heterocycles. The monoisotopic (exact) mass is 252 g/mol. The highest BCUT2D eigenvalue weighted by Crippen LogP contribution is 2.28. The number of ether oxygens (including phenoxy) is 2. The maximum absolute atomic E-state index is 11.9. The Morgan fingerprint density at radius 1 is 1.28 bits per heavy atom. The van der Waals surface area contributed by atoms with E-state index in [9.17, 15) is 14.7 Å². The van der Waals surface area contributed by atoms with E-state index in [0.29, 0.717) is 0 Å². The Labute approximate surface area is 112 Å². The van der Waals surface area contributed by atoms with Crippen molar-refractivity contribution in [3.8, 4) is 0 Å². The van der Waals surface area contributed by atoms with Crippen LogP contribution in [-0.2, 0) is 19.1 Å². The quantitative estimate of drug-likeness (QED) is 0.387. The third-order valence-corrected chi connectivity index (χ3v) is 2.33. The number of hydrogen-bond acceptors (Lipinski definition) is 5. The summed E-state index contributed by atoms with van der Waals surface area (Å²) in [5.74, 6) is -1.09. The maximum atomic E-state index is 11.9. The summed E-state index contributed by atoms with van der Waals surface area (Å²) in [6.45, 7) is 3.40. The van der Waals surface area contributed by atoms with Crippen LogP contribution < -0.4 is 0 Å². The topological polar surface area (TPSA) is 72.8 Å². The van der Waals surface area contributed by atoms with Crippen LogP contribution in [0.1, 0.15) is 20.3 Å². The van der Waals surface area contributed by atoms with Crippen molar-refractivity contribution in [1.29, 1.82) is 0 Å². The number of rotatable bonds is 6. The molecule has 0 bridgehead atoms. The Balaban J connectivity index is 4.52. The molecule has 0 amide bonds. The van der Waals surface area contributed by atoms with Gasteiger partial charge in [0.1, 0.15) is 31.4 Å². The first-order chi connectivity index (χ1) is 7.99. The molecule has 0 heterocycles. The SMILES string of the molecule is BC(B)(O)CC(B)(B)C(=O)O[C@@H](C)C(=O)OCC. The van der Waals surface area contributed by atoms with Crippen molar-refractivity contribution in [1.82, 2.24) is 0 Å². The first kappa shape index (κ1) is 17.2. The lowest BCUT2D eigenvalue weighted by Gasteiger charge is -2.30.